The van der Waals surface area contributed by atoms with E-state index in [1.807, 2.05) is 0 Å². The molecule has 0 unspecified atom stereocenters. The minimum atomic E-state index is -0.683. The maximum Gasteiger partial charge on any atom is 0.320 e. The van der Waals surface area contributed by atoms with Gasteiger partial charge >= 0.3 is 5.97 Å². The van der Waals surface area contributed by atoms with Crippen molar-refractivity contribution >= 4 is 18.4 Å². The number of hydrogen-bond acceptors (Lipinski definition) is 2. The molecule has 1 saturated carbocycles. The summed E-state index contributed by atoms with van der Waals surface area (Å²) >= 11 is 0. The molecule has 0 aromatic carbocycles. The predicted octanol–water partition coefficient (Wildman–Crippen LogP) is 2.44. The first kappa shape index (κ1) is 13.8. The SMILES string of the molecule is Cl.O=C(O)[C@@H]1CC[C@H](C2CCCCC2)CN1. The molecular formula is C12H22ClNO2. The van der Waals surface area contributed by atoms with Gasteiger partial charge in [-0.25, -0.2) is 0 Å². The fourth-order valence-electron chi connectivity index (χ4n) is 3.10. The van der Waals surface area contributed by atoms with Crippen LogP contribution in [0.3, 0.4) is 0 Å². The van der Waals surface area contributed by atoms with Crippen molar-refractivity contribution in [2.45, 2.75) is 51.0 Å². The second kappa shape index (κ2) is 6.45. The summed E-state index contributed by atoms with van der Waals surface area (Å²) in [7, 11) is 0. The van der Waals surface area contributed by atoms with Crippen LogP contribution in [0.1, 0.15) is 44.9 Å². The van der Waals surface area contributed by atoms with Crippen LogP contribution in [0.15, 0.2) is 0 Å². The Morgan fingerprint density at radius 3 is 2.19 bits per heavy atom. The molecule has 1 heterocycles. The van der Waals surface area contributed by atoms with E-state index in [9.17, 15) is 4.79 Å². The molecule has 0 spiro atoms. The summed E-state index contributed by atoms with van der Waals surface area (Å²) < 4.78 is 0. The van der Waals surface area contributed by atoms with Gasteiger partial charge in [-0.1, -0.05) is 32.1 Å². The molecule has 0 amide bonds. The third-order valence-electron chi connectivity index (χ3n) is 4.07. The van der Waals surface area contributed by atoms with E-state index >= 15 is 0 Å². The lowest BCUT2D eigenvalue weighted by atomic mass is 9.76. The molecule has 16 heavy (non-hydrogen) atoms. The Morgan fingerprint density at radius 2 is 1.69 bits per heavy atom. The van der Waals surface area contributed by atoms with Gasteiger partial charge in [0.2, 0.25) is 0 Å². The molecular weight excluding hydrogens is 226 g/mol. The van der Waals surface area contributed by atoms with Gasteiger partial charge in [-0.2, -0.15) is 0 Å². The van der Waals surface area contributed by atoms with Gasteiger partial charge in [0.15, 0.2) is 0 Å². The lowest BCUT2D eigenvalue weighted by Gasteiger charge is -2.35. The number of carboxylic acid groups (broad SMARTS) is 1. The summed E-state index contributed by atoms with van der Waals surface area (Å²) in [5, 5.41) is 12.0. The van der Waals surface area contributed by atoms with E-state index in [2.05, 4.69) is 5.32 Å². The fraction of sp³-hybridized carbons (Fsp3) is 0.917. The summed E-state index contributed by atoms with van der Waals surface area (Å²) in [5.41, 5.74) is 0. The van der Waals surface area contributed by atoms with Gasteiger partial charge in [-0.15, -0.1) is 12.4 Å². The first-order chi connectivity index (χ1) is 7.27. The van der Waals surface area contributed by atoms with Crippen LogP contribution in [0.2, 0.25) is 0 Å². The topological polar surface area (TPSA) is 49.3 Å². The van der Waals surface area contributed by atoms with Crippen molar-refractivity contribution in [2.75, 3.05) is 6.54 Å². The summed E-state index contributed by atoms with van der Waals surface area (Å²) in [4.78, 5) is 10.8. The molecule has 1 aliphatic carbocycles. The molecule has 2 aliphatic rings. The number of rotatable bonds is 2. The number of carbonyl (C=O) groups is 1. The molecule has 2 fully saturated rings. The van der Waals surface area contributed by atoms with Crippen LogP contribution in [0.5, 0.6) is 0 Å². The Bertz CT molecular complexity index is 221. The second-order valence-electron chi connectivity index (χ2n) is 5.03. The Hall–Kier alpha value is -0.280. The minimum absolute atomic E-state index is 0. The molecule has 2 rings (SSSR count). The highest BCUT2D eigenvalue weighted by molar-refractivity contribution is 5.85. The third-order valence-corrected chi connectivity index (χ3v) is 4.07. The van der Waals surface area contributed by atoms with Crippen molar-refractivity contribution in [1.82, 2.24) is 5.32 Å². The zero-order chi connectivity index (χ0) is 10.7. The van der Waals surface area contributed by atoms with E-state index in [1.165, 1.54) is 32.1 Å². The standard InChI is InChI=1S/C12H21NO2.ClH/c14-12(15)11-7-6-10(8-13-11)9-4-2-1-3-5-9;/h9-11,13H,1-8H2,(H,14,15);1H/t10-,11-;/m0./s1. The lowest BCUT2D eigenvalue weighted by Crippen LogP contribution is -2.45. The molecule has 3 nitrogen and oxygen atoms in total. The maximum absolute atomic E-state index is 10.8. The van der Waals surface area contributed by atoms with Crippen molar-refractivity contribution in [3.8, 4) is 0 Å². The molecule has 2 N–H and O–H groups in total. The summed E-state index contributed by atoms with van der Waals surface area (Å²) in [6.07, 6.45) is 8.81. The van der Waals surface area contributed by atoms with Crippen molar-refractivity contribution in [3.05, 3.63) is 0 Å². The average Bonchev–Trinajstić information content (AvgIpc) is 2.30. The van der Waals surface area contributed by atoms with Crippen LogP contribution in [0.4, 0.5) is 0 Å². The number of halogens is 1. The van der Waals surface area contributed by atoms with Gasteiger partial charge in [-0.05, 0) is 31.2 Å². The number of hydrogen-bond donors (Lipinski definition) is 2. The van der Waals surface area contributed by atoms with Crippen LogP contribution in [0.25, 0.3) is 0 Å². The molecule has 1 aliphatic heterocycles. The number of carboxylic acids is 1. The van der Waals surface area contributed by atoms with E-state index in [1.54, 1.807) is 0 Å². The normalized spacial score (nSPS) is 31.8. The van der Waals surface area contributed by atoms with Crippen LogP contribution in [-0.2, 0) is 4.79 Å². The number of nitrogens with one attached hydrogen (secondary N) is 1. The van der Waals surface area contributed by atoms with Crippen molar-refractivity contribution < 1.29 is 9.90 Å². The third kappa shape index (κ3) is 3.36. The molecule has 0 radical (unpaired) electrons. The first-order valence-electron chi connectivity index (χ1n) is 6.23. The first-order valence-corrected chi connectivity index (χ1v) is 6.23. The molecule has 4 heteroatoms. The maximum atomic E-state index is 10.8. The Labute approximate surface area is 103 Å². The Kier molecular flexibility index (Phi) is 5.56. The smallest absolute Gasteiger partial charge is 0.320 e. The van der Waals surface area contributed by atoms with E-state index in [0.29, 0.717) is 0 Å². The largest absolute Gasteiger partial charge is 0.480 e. The Morgan fingerprint density at radius 1 is 1.00 bits per heavy atom. The van der Waals surface area contributed by atoms with Gasteiger partial charge in [0, 0.05) is 0 Å². The van der Waals surface area contributed by atoms with Crippen LogP contribution in [0, 0.1) is 11.8 Å². The predicted molar refractivity (Wildman–Crippen MR) is 66.0 cm³/mol. The fourth-order valence-corrected chi connectivity index (χ4v) is 3.10. The van der Waals surface area contributed by atoms with Gasteiger partial charge in [0.05, 0.1) is 0 Å². The van der Waals surface area contributed by atoms with Gasteiger partial charge in [-0.3, -0.25) is 4.79 Å². The minimum Gasteiger partial charge on any atom is -0.480 e. The molecule has 1 saturated heterocycles. The molecule has 0 bridgehead atoms. The molecule has 2 atom stereocenters. The average molecular weight is 248 g/mol. The van der Waals surface area contributed by atoms with E-state index in [4.69, 9.17) is 5.11 Å². The van der Waals surface area contributed by atoms with Crippen molar-refractivity contribution in [3.63, 3.8) is 0 Å². The summed E-state index contributed by atoms with van der Waals surface area (Å²) in [6.45, 7) is 0.918. The van der Waals surface area contributed by atoms with Gasteiger partial charge in [0.25, 0.3) is 0 Å². The quantitative estimate of drug-likeness (QED) is 0.788. The van der Waals surface area contributed by atoms with Crippen LogP contribution < -0.4 is 5.32 Å². The monoisotopic (exact) mass is 247 g/mol. The van der Waals surface area contributed by atoms with Crippen LogP contribution in [-0.4, -0.2) is 23.7 Å². The summed E-state index contributed by atoms with van der Waals surface area (Å²) in [5.74, 6) is 0.916. The Balaban J connectivity index is 0.00000128. The van der Waals surface area contributed by atoms with E-state index in [0.717, 1.165) is 31.2 Å². The lowest BCUT2D eigenvalue weighted by molar-refractivity contribution is -0.140. The van der Waals surface area contributed by atoms with Gasteiger partial charge in [0.1, 0.15) is 6.04 Å². The molecule has 0 aromatic heterocycles. The van der Waals surface area contributed by atoms with Crippen LogP contribution >= 0.6 is 12.4 Å². The highest BCUT2D eigenvalue weighted by Crippen LogP contribution is 2.33. The van der Waals surface area contributed by atoms with Gasteiger partial charge < -0.3 is 10.4 Å². The zero-order valence-corrected chi connectivity index (χ0v) is 10.5. The molecule has 94 valence electrons. The second-order valence-corrected chi connectivity index (χ2v) is 5.03. The number of piperidine rings is 1. The van der Waals surface area contributed by atoms with Crippen molar-refractivity contribution in [2.24, 2.45) is 11.8 Å². The van der Waals surface area contributed by atoms with E-state index < -0.39 is 5.97 Å². The van der Waals surface area contributed by atoms with Crippen molar-refractivity contribution in [1.29, 1.82) is 0 Å². The highest BCUT2D eigenvalue weighted by atomic mass is 35.5. The molecule has 0 aromatic rings. The summed E-state index contributed by atoms with van der Waals surface area (Å²) in [6, 6.07) is -0.287. The zero-order valence-electron chi connectivity index (χ0n) is 9.65. The number of aliphatic carboxylic acids is 1. The highest BCUT2D eigenvalue weighted by Gasteiger charge is 2.30. The van der Waals surface area contributed by atoms with E-state index in [-0.39, 0.29) is 18.4 Å².